The lowest BCUT2D eigenvalue weighted by Gasteiger charge is -2.18. The van der Waals surface area contributed by atoms with Crippen LogP contribution in [0, 0.1) is 0 Å². The average molecular weight is 533 g/mol. The topological polar surface area (TPSA) is 25.8 Å². The van der Waals surface area contributed by atoms with Crippen molar-refractivity contribution in [1.82, 2.24) is 9.97 Å². The number of aromatic nitrogens is 2. The van der Waals surface area contributed by atoms with Crippen LogP contribution in [0.4, 0.5) is 0 Å². The standard InChI is InChI=1S/C40H24N2/c1-2-10-27(11-3-1)34-24-35(30-16-14-25-8-4-6-12-28(25)22-30)33-19-21-37-39-36(20-18-32(34)38(33)39)41-40(42-37)31-17-15-26-9-5-7-13-29(26)23-31/h1-24H. The predicted octanol–water partition coefficient (Wildman–Crippen LogP) is 10.7. The van der Waals surface area contributed by atoms with E-state index in [1.165, 1.54) is 60.0 Å². The van der Waals surface area contributed by atoms with Crippen LogP contribution in [0.3, 0.4) is 0 Å². The minimum atomic E-state index is 0.754. The van der Waals surface area contributed by atoms with E-state index in [0.29, 0.717) is 0 Å². The third-order valence-electron chi connectivity index (χ3n) is 8.59. The van der Waals surface area contributed by atoms with Crippen LogP contribution in [-0.2, 0) is 0 Å². The van der Waals surface area contributed by atoms with Crippen molar-refractivity contribution < 1.29 is 0 Å². The van der Waals surface area contributed by atoms with E-state index in [4.69, 9.17) is 9.97 Å². The fourth-order valence-electron chi connectivity index (χ4n) is 6.56. The minimum absolute atomic E-state index is 0.754. The van der Waals surface area contributed by atoms with Gasteiger partial charge in [0.15, 0.2) is 5.82 Å². The van der Waals surface area contributed by atoms with Gasteiger partial charge in [0.2, 0.25) is 0 Å². The molecule has 0 N–H and O–H groups in total. The van der Waals surface area contributed by atoms with Gasteiger partial charge in [-0.1, -0.05) is 115 Å². The van der Waals surface area contributed by atoms with E-state index >= 15 is 0 Å². The number of nitrogens with zero attached hydrogens (tertiary/aromatic N) is 2. The molecule has 8 aromatic carbocycles. The Morgan fingerprint density at radius 2 is 0.857 bits per heavy atom. The van der Waals surface area contributed by atoms with Crippen molar-refractivity contribution in [2.24, 2.45) is 0 Å². The van der Waals surface area contributed by atoms with Crippen LogP contribution in [0.15, 0.2) is 146 Å². The largest absolute Gasteiger partial charge is 0.228 e. The quantitative estimate of drug-likeness (QED) is 0.212. The molecule has 0 saturated heterocycles. The predicted molar refractivity (Wildman–Crippen MR) is 177 cm³/mol. The summed E-state index contributed by atoms with van der Waals surface area (Å²) < 4.78 is 0. The molecule has 0 aliphatic heterocycles. The Kier molecular flexibility index (Phi) is 4.93. The highest BCUT2D eigenvalue weighted by Crippen LogP contribution is 2.44. The van der Waals surface area contributed by atoms with Crippen molar-refractivity contribution >= 4 is 54.1 Å². The lowest BCUT2D eigenvalue weighted by atomic mass is 9.86. The van der Waals surface area contributed by atoms with Crippen LogP contribution in [0.2, 0.25) is 0 Å². The second-order valence-corrected chi connectivity index (χ2v) is 11.0. The van der Waals surface area contributed by atoms with Crippen LogP contribution in [0.1, 0.15) is 0 Å². The number of rotatable bonds is 3. The molecule has 2 nitrogen and oxygen atoms in total. The van der Waals surface area contributed by atoms with Gasteiger partial charge in [-0.05, 0) is 84.9 Å². The summed E-state index contributed by atoms with van der Waals surface area (Å²) in [6.07, 6.45) is 0. The Morgan fingerprint density at radius 3 is 1.50 bits per heavy atom. The molecule has 9 rings (SSSR count). The zero-order chi connectivity index (χ0) is 27.6. The van der Waals surface area contributed by atoms with Gasteiger partial charge in [0.05, 0.1) is 11.0 Å². The lowest BCUT2D eigenvalue weighted by molar-refractivity contribution is 1.27. The first-order valence-electron chi connectivity index (χ1n) is 14.3. The van der Waals surface area contributed by atoms with Crippen LogP contribution >= 0.6 is 0 Å². The fourth-order valence-corrected chi connectivity index (χ4v) is 6.56. The summed E-state index contributed by atoms with van der Waals surface area (Å²) in [6, 6.07) is 52.1. The number of hydrogen-bond acceptors (Lipinski definition) is 2. The molecule has 0 saturated carbocycles. The molecule has 0 spiro atoms. The molecule has 1 aromatic heterocycles. The molecule has 194 valence electrons. The molecule has 0 amide bonds. The highest BCUT2D eigenvalue weighted by Gasteiger charge is 2.19. The summed E-state index contributed by atoms with van der Waals surface area (Å²) in [5.74, 6) is 0.754. The molecule has 0 aliphatic carbocycles. The maximum atomic E-state index is 5.14. The van der Waals surface area contributed by atoms with Crippen LogP contribution in [-0.4, -0.2) is 9.97 Å². The van der Waals surface area contributed by atoms with Gasteiger partial charge >= 0.3 is 0 Å². The van der Waals surface area contributed by atoms with Gasteiger partial charge in [0.1, 0.15) is 0 Å². The molecule has 1 heterocycles. The van der Waals surface area contributed by atoms with Gasteiger partial charge in [-0.3, -0.25) is 0 Å². The van der Waals surface area contributed by atoms with Crippen LogP contribution < -0.4 is 0 Å². The first kappa shape index (κ1) is 23.1. The lowest BCUT2D eigenvalue weighted by Crippen LogP contribution is -1.96. The minimum Gasteiger partial charge on any atom is -0.228 e. The van der Waals surface area contributed by atoms with E-state index in [0.717, 1.165) is 27.8 Å². The Hall–Kier alpha value is -5.60. The molecule has 0 aliphatic rings. The van der Waals surface area contributed by atoms with Crippen molar-refractivity contribution in [1.29, 1.82) is 0 Å². The van der Waals surface area contributed by atoms with E-state index in [1.54, 1.807) is 0 Å². The number of fused-ring (bicyclic) bond motifs is 2. The highest BCUT2D eigenvalue weighted by molar-refractivity contribution is 6.27. The normalized spacial score (nSPS) is 11.8. The summed E-state index contributed by atoms with van der Waals surface area (Å²) in [5, 5.41) is 9.68. The zero-order valence-corrected chi connectivity index (χ0v) is 22.8. The molecule has 2 heteroatoms. The van der Waals surface area contributed by atoms with Gasteiger partial charge in [-0.2, -0.15) is 0 Å². The first-order valence-corrected chi connectivity index (χ1v) is 14.3. The molecule has 9 aromatic rings. The zero-order valence-electron chi connectivity index (χ0n) is 22.8. The molecule has 0 unspecified atom stereocenters. The molecular formula is C40H24N2. The monoisotopic (exact) mass is 532 g/mol. The molecular weight excluding hydrogens is 508 g/mol. The SMILES string of the molecule is c1ccc(-c2cc(-c3ccc4ccccc4c3)c3ccc4nc(-c5ccc6ccccc6c5)nc5ccc2c3c54)cc1. The van der Waals surface area contributed by atoms with Gasteiger partial charge in [-0.15, -0.1) is 0 Å². The Morgan fingerprint density at radius 1 is 0.333 bits per heavy atom. The molecule has 0 atom stereocenters. The molecule has 0 bridgehead atoms. The number of hydrogen-bond donors (Lipinski definition) is 0. The van der Waals surface area contributed by atoms with Crippen molar-refractivity contribution in [3.8, 4) is 33.6 Å². The van der Waals surface area contributed by atoms with Crippen molar-refractivity contribution in [2.75, 3.05) is 0 Å². The van der Waals surface area contributed by atoms with E-state index in [-0.39, 0.29) is 0 Å². The maximum absolute atomic E-state index is 5.14. The third kappa shape index (κ3) is 3.52. The Balaban J connectivity index is 1.35. The highest BCUT2D eigenvalue weighted by atomic mass is 14.9. The summed E-state index contributed by atoms with van der Waals surface area (Å²) in [4.78, 5) is 10.3. The Labute approximate surface area is 242 Å². The molecule has 0 radical (unpaired) electrons. The van der Waals surface area contributed by atoms with Crippen LogP contribution in [0.25, 0.3) is 87.8 Å². The Bertz CT molecular complexity index is 2440. The van der Waals surface area contributed by atoms with Gasteiger partial charge in [0, 0.05) is 16.3 Å². The summed E-state index contributed by atoms with van der Waals surface area (Å²) >= 11 is 0. The second kappa shape index (κ2) is 8.95. The van der Waals surface area contributed by atoms with E-state index in [1.807, 2.05) is 0 Å². The van der Waals surface area contributed by atoms with E-state index < -0.39 is 0 Å². The molecule has 42 heavy (non-hydrogen) atoms. The van der Waals surface area contributed by atoms with Crippen molar-refractivity contribution in [3.05, 3.63) is 146 Å². The van der Waals surface area contributed by atoms with Crippen molar-refractivity contribution in [3.63, 3.8) is 0 Å². The average Bonchev–Trinajstić information content (AvgIpc) is 3.06. The summed E-state index contributed by atoms with van der Waals surface area (Å²) in [7, 11) is 0. The fraction of sp³-hybridized carbons (Fsp3) is 0. The van der Waals surface area contributed by atoms with E-state index in [2.05, 4.69) is 146 Å². The first-order chi connectivity index (χ1) is 20.8. The third-order valence-corrected chi connectivity index (χ3v) is 8.59. The second-order valence-electron chi connectivity index (χ2n) is 11.0. The van der Waals surface area contributed by atoms with Gasteiger partial charge < -0.3 is 0 Å². The summed E-state index contributed by atoms with van der Waals surface area (Å²) in [5.41, 5.74) is 7.82. The van der Waals surface area contributed by atoms with Crippen molar-refractivity contribution in [2.45, 2.75) is 0 Å². The smallest absolute Gasteiger partial charge is 0.160 e. The van der Waals surface area contributed by atoms with E-state index in [9.17, 15) is 0 Å². The van der Waals surface area contributed by atoms with Gasteiger partial charge in [-0.25, -0.2) is 9.97 Å². The maximum Gasteiger partial charge on any atom is 0.160 e. The summed E-state index contributed by atoms with van der Waals surface area (Å²) in [6.45, 7) is 0. The molecule has 0 fully saturated rings. The number of benzene rings is 8. The van der Waals surface area contributed by atoms with Crippen LogP contribution in [0.5, 0.6) is 0 Å². The van der Waals surface area contributed by atoms with Gasteiger partial charge in [0.25, 0.3) is 0 Å².